The van der Waals surface area contributed by atoms with Gasteiger partial charge < -0.3 is 5.73 Å². The molecule has 6 heteroatoms. The Bertz CT molecular complexity index is 603. The van der Waals surface area contributed by atoms with Gasteiger partial charge in [-0.15, -0.1) is 5.10 Å². The summed E-state index contributed by atoms with van der Waals surface area (Å²) in [5.41, 5.74) is 8.37. The predicted octanol–water partition coefficient (Wildman–Crippen LogP) is 1.48. The average molecular weight is 261 g/mol. The lowest BCUT2D eigenvalue weighted by Crippen LogP contribution is -2.19. The Morgan fingerprint density at radius 2 is 2.11 bits per heavy atom. The van der Waals surface area contributed by atoms with Crippen LogP contribution in [0.15, 0.2) is 12.4 Å². The maximum absolute atomic E-state index is 5.81. The number of hydrogen-bond donors (Lipinski definition) is 1. The normalized spacial score (nSPS) is 10.6. The predicted molar refractivity (Wildman–Crippen MR) is 73.9 cm³/mol. The van der Waals surface area contributed by atoms with Gasteiger partial charge in [-0.2, -0.15) is 5.10 Å². The van der Waals surface area contributed by atoms with E-state index in [-0.39, 0.29) is 0 Å². The lowest BCUT2D eigenvalue weighted by Gasteiger charge is -2.13. The summed E-state index contributed by atoms with van der Waals surface area (Å²) < 4.78 is 1.88. The van der Waals surface area contributed by atoms with Crippen molar-refractivity contribution in [3.8, 4) is 5.82 Å². The van der Waals surface area contributed by atoms with Gasteiger partial charge in [-0.25, -0.2) is 4.98 Å². The third kappa shape index (κ3) is 1.99. The first-order valence-electron chi connectivity index (χ1n) is 5.72. The number of imidazole rings is 1. The van der Waals surface area contributed by atoms with Gasteiger partial charge in [-0.05, 0) is 19.4 Å². The zero-order valence-corrected chi connectivity index (χ0v) is 11.5. The van der Waals surface area contributed by atoms with Crippen molar-refractivity contribution in [1.82, 2.24) is 19.7 Å². The zero-order chi connectivity index (χ0) is 13.3. The summed E-state index contributed by atoms with van der Waals surface area (Å²) in [4.78, 5) is 4.60. The minimum Gasteiger partial charge on any atom is -0.389 e. The molecule has 94 valence electrons. The summed E-state index contributed by atoms with van der Waals surface area (Å²) in [6, 6.07) is 0. The maximum Gasteiger partial charge on any atom is 0.171 e. The van der Waals surface area contributed by atoms with E-state index in [4.69, 9.17) is 18.0 Å². The van der Waals surface area contributed by atoms with Gasteiger partial charge in [0.1, 0.15) is 10.8 Å². The third-order valence-electron chi connectivity index (χ3n) is 2.94. The summed E-state index contributed by atoms with van der Waals surface area (Å²) in [6.07, 6.45) is 4.39. The summed E-state index contributed by atoms with van der Waals surface area (Å²) in [5.74, 6) is 1.56. The van der Waals surface area contributed by atoms with Gasteiger partial charge in [-0.1, -0.05) is 19.1 Å². The molecule has 0 aromatic carbocycles. The van der Waals surface area contributed by atoms with E-state index < -0.39 is 0 Å². The van der Waals surface area contributed by atoms with Crippen LogP contribution in [0.5, 0.6) is 0 Å². The summed E-state index contributed by atoms with van der Waals surface area (Å²) >= 11 is 5.13. The highest BCUT2D eigenvalue weighted by Crippen LogP contribution is 2.19. The second-order valence-corrected chi connectivity index (χ2v) is 4.48. The zero-order valence-electron chi connectivity index (χ0n) is 10.6. The Labute approximate surface area is 111 Å². The molecule has 2 aromatic heterocycles. The van der Waals surface area contributed by atoms with Crippen LogP contribution in [0.3, 0.4) is 0 Å². The first-order valence-corrected chi connectivity index (χ1v) is 6.13. The molecule has 0 unspecified atom stereocenters. The molecule has 0 atom stereocenters. The SMILES string of the molecule is CCc1nccn1-c1nnc(C)c(C)c1C(N)=S. The standard InChI is InChI=1S/C12H15N5S/c1-4-9-14-5-6-17(9)12-10(11(13)18)7(2)8(3)15-16-12/h5-6H,4H2,1-3H3,(H2,13,18). The second-order valence-electron chi connectivity index (χ2n) is 4.04. The Morgan fingerprint density at radius 3 is 2.72 bits per heavy atom. The van der Waals surface area contributed by atoms with Crippen LogP contribution >= 0.6 is 12.2 Å². The van der Waals surface area contributed by atoms with Gasteiger partial charge in [-0.3, -0.25) is 4.57 Å². The number of nitrogens with two attached hydrogens (primary N) is 1. The molecular weight excluding hydrogens is 246 g/mol. The molecule has 2 rings (SSSR count). The topological polar surface area (TPSA) is 69.6 Å². The highest BCUT2D eigenvalue weighted by molar-refractivity contribution is 7.80. The number of hydrogen-bond acceptors (Lipinski definition) is 4. The van der Waals surface area contributed by atoms with Crippen molar-refractivity contribution in [3.05, 3.63) is 35.0 Å². The van der Waals surface area contributed by atoms with Gasteiger partial charge >= 0.3 is 0 Å². The Morgan fingerprint density at radius 1 is 1.39 bits per heavy atom. The van der Waals surface area contributed by atoms with Crippen molar-refractivity contribution >= 4 is 17.2 Å². The second kappa shape index (κ2) is 4.81. The van der Waals surface area contributed by atoms with E-state index in [1.165, 1.54) is 0 Å². The Hall–Kier alpha value is -1.82. The molecule has 0 amide bonds. The van der Waals surface area contributed by atoms with E-state index >= 15 is 0 Å². The van der Waals surface area contributed by atoms with E-state index in [1.807, 2.05) is 31.5 Å². The fraction of sp³-hybridized carbons (Fsp3) is 0.333. The van der Waals surface area contributed by atoms with Gasteiger partial charge in [0, 0.05) is 18.8 Å². The molecule has 0 aliphatic carbocycles. The smallest absolute Gasteiger partial charge is 0.171 e. The summed E-state index contributed by atoms with van der Waals surface area (Å²) in [6.45, 7) is 5.88. The van der Waals surface area contributed by atoms with Gasteiger partial charge in [0.15, 0.2) is 5.82 Å². The summed E-state index contributed by atoms with van der Waals surface area (Å²) in [7, 11) is 0. The van der Waals surface area contributed by atoms with Crippen molar-refractivity contribution in [3.63, 3.8) is 0 Å². The number of rotatable bonds is 3. The van der Waals surface area contributed by atoms with Crippen molar-refractivity contribution in [2.75, 3.05) is 0 Å². The van der Waals surface area contributed by atoms with Crippen LogP contribution in [-0.4, -0.2) is 24.7 Å². The van der Waals surface area contributed by atoms with Crippen LogP contribution < -0.4 is 5.73 Å². The van der Waals surface area contributed by atoms with Crippen molar-refractivity contribution < 1.29 is 0 Å². The molecule has 0 saturated heterocycles. The fourth-order valence-electron chi connectivity index (χ4n) is 1.85. The molecular formula is C12H15N5S. The molecule has 0 radical (unpaired) electrons. The molecule has 0 spiro atoms. The van der Waals surface area contributed by atoms with Crippen LogP contribution in [0.1, 0.15) is 29.6 Å². The molecule has 0 aliphatic rings. The minimum absolute atomic E-state index is 0.330. The van der Waals surface area contributed by atoms with Crippen molar-refractivity contribution in [1.29, 1.82) is 0 Å². The van der Waals surface area contributed by atoms with Gasteiger partial charge in [0.05, 0.1) is 11.3 Å². The average Bonchev–Trinajstić information content (AvgIpc) is 2.79. The largest absolute Gasteiger partial charge is 0.389 e. The molecule has 0 saturated carbocycles. The Kier molecular flexibility index (Phi) is 3.38. The van der Waals surface area contributed by atoms with E-state index in [0.29, 0.717) is 10.8 Å². The maximum atomic E-state index is 5.81. The first-order chi connectivity index (χ1) is 8.56. The van der Waals surface area contributed by atoms with Crippen LogP contribution in [-0.2, 0) is 6.42 Å². The van der Waals surface area contributed by atoms with Crippen LogP contribution in [0.25, 0.3) is 5.82 Å². The number of nitrogens with zero attached hydrogens (tertiary/aromatic N) is 4. The summed E-state index contributed by atoms with van der Waals surface area (Å²) in [5, 5.41) is 8.36. The third-order valence-corrected chi connectivity index (χ3v) is 3.15. The lowest BCUT2D eigenvalue weighted by atomic mass is 10.1. The van der Waals surface area contributed by atoms with Crippen LogP contribution in [0.2, 0.25) is 0 Å². The van der Waals surface area contributed by atoms with E-state index in [9.17, 15) is 0 Å². The highest BCUT2D eigenvalue weighted by atomic mass is 32.1. The molecule has 18 heavy (non-hydrogen) atoms. The van der Waals surface area contributed by atoms with Crippen molar-refractivity contribution in [2.45, 2.75) is 27.2 Å². The Balaban J connectivity index is 2.72. The molecule has 0 fully saturated rings. The monoisotopic (exact) mass is 261 g/mol. The molecule has 5 nitrogen and oxygen atoms in total. The van der Waals surface area contributed by atoms with Gasteiger partial charge in [0.2, 0.25) is 0 Å². The van der Waals surface area contributed by atoms with E-state index in [0.717, 1.165) is 29.1 Å². The van der Waals surface area contributed by atoms with E-state index in [2.05, 4.69) is 15.2 Å². The van der Waals surface area contributed by atoms with Gasteiger partial charge in [0.25, 0.3) is 0 Å². The van der Waals surface area contributed by atoms with Crippen molar-refractivity contribution in [2.24, 2.45) is 5.73 Å². The van der Waals surface area contributed by atoms with Crippen LogP contribution in [0, 0.1) is 13.8 Å². The lowest BCUT2D eigenvalue weighted by molar-refractivity contribution is 0.822. The van der Waals surface area contributed by atoms with Crippen LogP contribution in [0.4, 0.5) is 0 Å². The van der Waals surface area contributed by atoms with E-state index in [1.54, 1.807) is 6.20 Å². The molecule has 2 N–H and O–H groups in total. The fourth-order valence-corrected chi connectivity index (χ4v) is 2.09. The number of thiocarbonyl (C=S) groups is 1. The molecule has 0 bridgehead atoms. The molecule has 2 aromatic rings. The minimum atomic E-state index is 0.330. The number of aryl methyl sites for hydroxylation is 2. The highest BCUT2D eigenvalue weighted by Gasteiger charge is 2.16. The number of aromatic nitrogens is 4. The molecule has 2 heterocycles. The quantitative estimate of drug-likeness (QED) is 0.847. The first kappa shape index (κ1) is 12.6. The molecule has 0 aliphatic heterocycles.